The normalized spacial score (nSPS) is 13.1. The molecule has 4 N–H and O–H groups in total. The van der Waals surface area contributed by atoms with Crippen molar-refractivity contribution >= 4 is 17.6 Å². The Kier molecular flexibility index (Phi) is 2.68. The first-order chi connectivity index (χ1) is 7.16. The highest BCUT2D eigenvalue weighted by Gasteiger charge is 2.17. The monoisotopic (exact) mass is 225 g/mol. The second-order valence-electron chi connectivity index (χ2n) is 3.39. The second-order valence-corrected chi connectivity index (χ2v) is 3.83. The molecule has 4 nitrogen and oxygen atoms in total. The molecule has 0 unspecified atom stereocenters. The van der Waals surface area contributed by atoms with Gasteiger partial charge in [0.05, 0.1) is 13.2 Å². The zero-order valence-electron chi connectivity index (χ0n) is 8.16. The lowest BCUT2D eigenvalue weighted by Gasteiger charge is -2.06. The number of benzene rings is 1. The molecule has 0 spiro atoms. The summed E-state index contributed by atoms with van der Waals surface area (Å²) in [6, 6.07) is 3.75. The Morgan fingerprint density at radius 1 is 1.47 bits per heavy atom. The minimum atomic E-state index is 0.0710. The van der Waals surface area contributed by atoms with Crippen molar-refractivity contribution in [3.63, 3.8) is 0 Å². The van der Waals surface area contributed by atoms with Crippen molar-refractivity contribution in [3.8, 4) is 5.75 Å². The van der Waals surface area contributed by atoms with Crippen LogP contribution in [0.25, 0.3) is 0 Å². The Morgan fingerprint density at radius 3 is 3.00 bits per heavy atom. The Balaban J connectivity index is 2.34. The summed E-state index contributed by atoms with van der Waals surface area (Å²) in [4.78, 5) is 3.95. The molecule has 5 heteroatoms. The molecule has 15 heavy (non-hydrogen) atoms. The molecule has 0 radical (unpaired) electrons. The first-order valence-corrected chi connectivity index (χ1v) is 5.04. The third kappa shape index (κ3) is 2.15. The molecule has 0 saturated carbocycles. The summed E-state index contributed by atoms with van der Waals surface area (Å²) in [6.07, 6.45) is 0.894. The number of guanidine groups is 1. The van der Waals surface area contributed by atoms with E-state index >= 15 is 0 Å². The number of ether oxygens (including phenoxy) is 1. The summed E-state index contributed by atoms with van der Waals surface area (Å²) >= 11 is 5.98. The van der Waals surface area contributed by atoms with Gasteiger partial charge in [-0.15, -0.1) is 0 Å². The quantitative estimate of drug-likeness (QED) is 0.584. The average Bonchev–Trinajstić information content (AvgIpc) is 2.61. The van der Waals surface area contributed by atoms with Gasteiger partial charge in [-0.25, -0.2) is 4.99 Å². The molecule has 2 rings (SSSR count). The van der Waals surface area contributed by atoms with Crippen LogP contribution in [0.2, 0.25) is 5.02 Å². The number of nitrogens with two attached hydrogens (primary N) is 2. The van der Waals surface area contributed by atoms with Crippen LogP contribution in [0.15, 0.2) is 17.1 Å². The van der Waals surface area contributed by atoms with E-state index in [0.717, 1.165) is 23.3 Å². The molecule has 1 heterocycles. The van der Waals surface area contributed by atoms with E-state index in [1.807, 2.05) is 12.1 Å². The Hall–Kier alpha value is -1.42. The van der Waals surface area contributed by atoms with Crippen LogP contribution in [0.1, 0.15) is 11.1 Å². The standard InChI is InChI=1S/C10H12ClN3O/c11-8-3-6-1-2-15-9(6)7(4-8)5-14-10(12)13/h3-4H,1-2,5H2,(H4,12,13,14). The predicted molar refractivity (Wildman–Crippen MR) is 60.2 cm³/mol. The number of aliphatic imine (C=N–C) groups is 1. The molecule has 80 valence electrons. The number of nitrogens with zero attached hydrogens (tertiary/aromatic N) is 1. The predicted octanol–water partition coefficient (Wildman–Crippen LogP) is 1.05. The fourth-order valence-electron chi connectivity index (χ4n) is 1.64. The van der Waals surface area contributed by atoms with Gasteiger partial charge in [0, 0.05) is 17.0 Å². The second kappa shape index (κ2) is 3.98. The van der Waals surface area contributed by atoms with Crippen molar-refractivity contribution in [2.75, 3.05) is 6.61 Å². The van der Waals surface area contributed by atoms with Gasteiger partial charge in [0.2, 0.25) is 0 Å². The SMILES string of the molecule is NC(N)=NCc1cc(Cl)cc2c1OCC2. The number of fused-ring (bicyclic) bond motifs is 1. The van der Waals surface area contributed by atoms with Crippen LogP contribution in [0.5, 0.6) is 5.75 Å². The molecule has 0 aliphatic carbocycles. The highest BCUT2D eigenvalue weighted by Crippen LogP contribution is 2.33. The van der Waals surface area contributed by atoms with Crippen LogP contribution in [-0.4, -0.2) is 12.6 Å². The molecular weight excluding hydrogens is 214 g/mol. The minimum Gasteiger partial charge on any atom is -0.493 e. The molecule has 0 atom stereocenters. The number of halogens is 1. The zero-order chi connectivity index (χ0) is 10.8. The Labute approximate surface area is 92.9 Å². The minimum absolute atomic E-state index is 0.0710. The summed E-state index contributed by atoms with van der Waals surface area (Å²) in [7, 11) is 0. The topological polar surface area (TPSA) is 73.6 Å². The molecule has 1 aromatic carbocycles. The fraction of sp³-hybridized carbons (Fsp3) is 0.300. The lowest BCUT2D eigenvalue weighted by atomic mass is 10.1. The molecule has 1 aromatic rings. The van der Waals surface area contributed by atoms with Crippen LogP contribution >= 0.6 is 11.6 Å². The van der Waals surface area contributed by atoms with Gasteiger partial charge < -0.3 is 16.2 Å². The maximum atomic E-state index is 5.98. The molecule has 1 aliphatic rings. The van der Waals surface area contributed by atoms with Crippen molar-refractivity contribution in [1.82, 2.24) is 0 Å². The number of rotatable bonds is 2. The van der Waals surface area contributed by atoms with E-state index < -0.39 is 0 Å². The van der Waals surface area contributed by atoms with Crippen molar-refractivity contribution in [2.24, 2.45) is 16.5 Å². The third-order valence-electron chi connectivity index (χ3n) is 2.26. The highest BCUT2D eigenvalue weighted by molar-refractivity contribution is 6.30. The lowest BCUT2D eigenvalue weighted by molar-refractivity contribution is 0.353. The first-order valence-electron chi connectivity index (χ1n) is 4.66. The van der Waals surface area contributed by atoms with E-state index in [-0.39, 0.29) is 5.96 Å². The summed E-state index contributed by atoms with van der Waals surface area (Å²) in [5.74, 6) is 0.950. The molecule has 0 bridgehead atoms. The van der Waals surface area contributed by atoms with E-state index in [0.29, 0.717) is 18.2 Å². The molecule has 0 fully saturated rings. The van der Waals surface area contributed by atoms with Crippen LogP contribution in [0.4, 0.5) is 0 Å². The molecule has 0 amide bonds. The average molecular weight is 226 g/mol. The van der Waals surface area contributed by atoms with E-state index in [4.69, 9.17) is 27.8 Å². The lowest BCUT2D eigenvalue weighted by Crippen LogP contribution is -2.22. The first kappa shape index (κ1) is 10.1. The Morgan fingerprint density at radius 2 is 2.27 bits per heavy atom. The summed E-state index contributed by atoms with van der Waals surface area (Å²) < 4.78 is 5.51. The zero-order valence-corrected chi connectivity index (χ0v) is 8.92. The van der Waals surface area contributed by atoms with E-state index in [1.165, 1.54) is 0 Å². The maximum absolute atomic E-state index is 5.98. The number of hydrogen-bond acceptors (Lipinski definition) is 2. The van der Waals surface area contributed by atoms with Gasteiger partial charge in [-0.2, -0.15) is 0 Å². The van der Waals surface area contributed by atoms with Gasteiger partial charge in [-0.3, -0.25) is 0 Å². The van der Waals surface area contributed by atoms with Gasteiger partial charge in [0.15, 0.2) is 5.96 Å². The molecular formula is C10H12ClN3O. The van der Waals surface area contributed by atoms with Crippen molar-refractivity contribution in [1.29, 1.82) is 0 Å². The van der Waals surface area contributed by atoms with Crippen LogP contribution < -0.4 is 16.2 Å². The van der Waals surface area contributed by atoms with E-state index in [2.05, 4.69) is 4.99 Å². The summed E-state index contributed by atoms with van der Waals surface area (Å²) in [6.45, 7) is 1.11. The van der Waals surface area contributed by atoms with Gasteiger partial charge in [-0.1, -0.05) is 11.6 Å². The molecule has 0 aromatic heterocycles. The number of hydrogen-bond donors (Lipinski definition) is 2. The molecule has 1 aliphatic heterocycles. The third-order valence-corrected chi connectivity index (χ3v) is 2.48. The Bertz CT molecular complexity index is 413. The summed E-state index contributed by atoms with van der Waals surface area (Å²) in [5.41, 5.74) is 12.6. The van der Waals surface area contributed by atoms with Crippen LogP contribution in [0, 0.1) is 0 Å². The van der Waals surface area contributed by atoms with Gasteiger partial charge in [0.1, 0.15) is 5.75 Å². The van der Waals surface area contributed by atoms with Crippen molar-refractivity contribution in [2.45, 2.75) is 13.0 Å². The van der Waals surface area contributed by atoms with Crippen molar-refractivity contribution in [3.05, 3.63) is 28.3 Å². The van der Waals surface area contributed by atoms with Crippen molar-refractivity contribution < 1.29 is 4.74 Å². The van der Waals surface area contributed by atoms with Crippen LogP contribution in [0.3, 0.4) is 0 Å². The van der Waals surface area contributed by atoms with Gasteiger partial charge in [-0.05, 0) is 17.7 Å². The molecule has 0 saturated heterocycles. The van der Waals surface area contributed by atoms with Gasteiger partial charge in [0.25, 0.3) is 0 Å². The van der Waals surface area contributed by atoms with E-state index in [9.17, 15) is 0 Å². The summed E-state index contributed by atoms with van der Waals surface area (Å²) in [5, 5.41) is 0.694. The highest BCUT2D eigenvalue weighted by atomic mass is 35.5. The largest absolute Gasteiger partial charge is 0.493 e. The fourth-order valence-corrected chi connectivity index (χ4v) is 1.90. The smallest absolute Gasteiger partial charge is 0.186 e. The van der Waals surface area contributed by atoms with Gasteiger partial charge >= 0.3 is 0 Å². The van der Waals surface area contributed by atoms with E-state index in [1.54, 1.807) is 0 Å². The maximum Gasteiger partial charge on any atom is 0.186 e. The van der Waals surface area contributed by atoms with Crippen LogP contribution in [-0.2, 0) is 13.0 Å².